The van der Waals surface area contributed by atoms with Crippen molar-refractivity contribution in [2.45, 2.75) is 39.2 Å². The highest BCUT2D eigenvalue weighted by molar-refractivity contribution is 5.95. The minimum Gasteiger partial charge on any atom is -0.478 e. The Kier molecular flexibility index (Phi) is 3.64. The Balaban J connectivity index is 2.81. The van der Waals surface area contributed by atoms with E-state index in [1.165, 1.54) is 6.07 Å². The first-order valence-corrected chi connectivity index (χ1v) is 6.65. The summed E-state index contributed by atoms with van der Waals surface area (Å²) in [7, 11) is 1.85. The van der Waals surface area contributed by atoms with Crippen LogP contribution >= 0.6 is 0 Å². The second-order valence-electron chi connectivity index (χ2n) is 5.38. The molecule has 1 N–H and O–H groups in total. The van der Waals surface area contributed by atoms with Gasteiger partial charge in [-0.25, -0.2) is 4.79 Å². The summed E-state index contributed by atoms with van der Waals surface area (Å²) in [4.78, 5) is 25.7. The van der Waals surface area contributed by atoms with Crippen molar-refractivity contribution >= 4 is 11.8 Å². The van der Waals surface area contributed by atoms with Crippen molar-refractivity contribution < 1.29 is 9.90 Å². The molecular weight excluding hydrogens is 244 g/mol. The minimum atomic E-state index is -0.957. The van der Waals surface area contributed by atoms with Gasteiger partial charge in [-0.2, -0.15) is 0 Å². The third-order valence-corrected chi connectivity index (χ3v) is 3.64. The summed E-state index contributed by atoms with van der Waals surface area (Å²) in [5, 5.41) is 9.53. The lowest BCUT2D eigenvalue weighted by Crippen LogP contribution is -2.31. The number of fused-ring (bicyclic) bond motifs is 1. The SMILES string of the molecule is CC(C)c1cc(=O)n2c(c1C(=O)O)N(C)CCCC2. The summed E-state index contributed by atoms with van der Waals surface area (Å²) >= 11 is 0. The Labute approximate surface area is 112 Å². The average molecular weight is 264 g/mol. The minimum absolute atomic E-state index is 0.0151. The number of aromatic nitrogens is 1. The van der Waals surface area contributed by atoms with E-state index < -0.39 is 5.97 Å². The number of hydrogen-bond donors (Lipinski definition) is 1. The van der Waals surface area contributed by atoms with Crippen molar-refractivity contribution in [2.24, 2.45) is 0 Å². The van der Waals surface area contributed by atoms with E-state index in [2.05, 4.69) is 0 Å². The lowest BCUT2D eigenvalue weighted by molar-refractivity contribution is 0.0695. The quantitative estimate of drug-likeness (QED) is 0.886. The molecule has 1 aromatic heterocycles. The fraction of sp³-hybridized carbons (Fsp3) is 0.571. The van der Waals surface area contributed by atoms with Gasteiger partial charge in [0.15, 0.2) is 0 Å². The molecule has 1 aliphatic heterocycles. The maximum Gasteiger partial charge on any atom is 0.339 e. The number of carbonyl (C=O) groups is 1. The molecule has 0 saturated heterocycles. The van der Waals surface area contributed by atoms with E-state index in [0.29, 0.717) is 17.9 Å². The zero-order valence-corrected chi connectivity index (χ0v) is 11.6. The van der Waals surface area contributed by atoms with Crippen molar-refractivity contribution in [3.8, 4) is 0 Å². The molecule has 2 rings (SSSR count). The molecule has 0 saturated carbocycles. The van der Waals surface area contributed by atoms with E-state index in [9.17, 15) is 14.7 Å². The molecule has 0 atom stereocenters. The molecule has 0 unspecified atom stereocenters. The molecule has 1 aliphatic rings. The maximum absolute atomic E-state index is 12.2. The van der Waals surface area contributed by atoms with Gasteiger partial charge in [0.2, 0.25) is 0 Å². The van der Waals surface area contributed by atoms with Crippen LogP contribution in [0.2, 0.25) is 0 Å². The standard InChI is InChI=1S/C14H20N2O3/c1-9(2)10-8-11(17)16-7-5-4-6-15(3)13(16)12(10)14(18)19/h8-9H,4-7H2,1-3H3,(H,18,19). The molecule has 5 nitrogen and oxygen atoms in total. The van der Waals surface area contributed by atoms with Crippen LogP contribution in [0.3, 0.4) is 0 Å². The predicted molar refractivity (Wildman–Crippen MR) is 74.3 cm³/mol. The van der Waals surface area contributed by atoms with Gasteiger partial charge in [0.25, 0.3) is 5.56 Å². The lowest BCUT2D eigenvalue weighted by Gasteiger charge is -2.24. The number of carboxylic acids is 1. The van der Waals surface area contributed by atoms with Gasteiger partial charge in [0.05, 0.1) is 0 Å². The van der Waals surface area contributed by atoms with Crippen LogP contribution in [0, 0.1) is 0 Å². The van der Waals surface area contributed by atoms with Crippen LogP contribution in [0.25, 0.3) is 0 Å². The van der Waals surface area contributed by atoms with Gasteiger partial charge >= 0.3 is 5.97 Å². The predicted octanol–water partition coefficient (Wildman–Crippen LogP) is 1.90. The van der Waals surface area contributed by atoms with Crippen molar-refractivity contribution in [2.75, 3.05) is 18.5 Å². The largest absolute Gasteiger partial charge is 0.478 e. The Morgan fingerprint density at radius 1 is 1.32 bits per heavy atom. The zero-order chi connectivity index (χ0) is 14.2. The Bertz CT molecular complexity index is 561. The third kappa shape index (κ3) is 2.37. The van der Waals surface area contributed by atoms with Crippen molar-refractivity contribution in [3.63, 3.8) is 0 Å². The van der Waals surface area contributed by atoms with E-state index in [1.54, 1.807) is 4.57 Å². The van der Waals surface area contributed by atoms with Crippen molar-refractivity contribution in [1.29, 1.82) is 0 Å². The fourth-order valence-corrected chi connectivity index (χ4v) is 2.66. The van der Waals surface area contributed by atoms with E-state index in [0.717, 1.165) is 19.4 Å². The summed E-state index contributed by atoms with van der Waals surface area (Å²) < 4.78 is 1.60. The van der Waals surface area contributed by atoms with E-state index >= 15 is 0 Å². The maximum atomic E-state index is 12.2. The highest BCUT2D eigenvalue weighted by Gasteiger charge is 2.26. The lowest BCUT2D eigenvalue weighted by atomic mass is 9.97. The first-order chi connectivity index (χ1) is 8.93. The fourth-order valence-electron chi connectivity index (χ4n) is 2.66. The Morgan fingerprint density at radius 3 is 2.53 bits per heavy atom. The first-order valence-electron chi connectivity index (χ1n) is 6.65. The van der Waals surface area contributed by atoms with Crippen LogP contribution in [0.4, 0.5) is 5.82 Å². The van der Waals surface area contributed by atoms with Crippen LogP contribution < -0.4 is 10.5 Å². The highest BCUT2D eigenvalue weighted by Crippen LogP contribution is 2.28. The third-order valence-electron chi connectivity index (χ3n) is 3.64. The molecule has 0 aromatic carbocycles. The molecule has 1 aromatic rings. The van der Waals surface area contributed by atoms with Gasteiger partial charge in [-0.05, 0) is 24.3 Å². The number of hydrogen-bond acceptors (Lipinski definition) is 3. The second kappa shape index (κ2) is 5.07. The molecule has 19 heavy (non-hydrogen) atoms. The van der Waals surface area contributed by atoms with Crippen LogP contribution in [0.1, 0.15) is 48.5 Å². The monoisotopic (exact) mass is 264 g/mol. The summed E-state index contributed by atoms with van der Waals surface area (Å²) in [6.45, 7) is 5.20. The van der Waals surface area contributed by atoms with E-state index in [-0.39, 0.29) is 17.0 Å². The molecule has 0 aliphatic carbocycles. The smallest absolute Gasteiger partial charge is 0.339 e. The number of aromatic carboxylic acids is 1. The van der Waals surface area contributed by atoms with Crippen molar-refractivity contribution in [3.05, 3.63) is 27.5 Å². The van der Waals surface area contributed by atoms with Gasteiger partial charge in [-0.1, -0.05) is 13.8 Å². The molecule has 2 heterocycles. The molecule has 0 spiro atoms. The second-order valence-corrected chi connectivity index (χ2v) is 5.38. The molecule has 5 heteroatoms. The van der Waals surface area contributed by atoms with Gasteiger partial charge in [0.1, 0.15) is 11.4 Å². The summed E-state index contributed by atoms with van der Waals surface area (Å²) in [5.41, 5.74) is 0.800. The number of nitrogens with zero attached hydrogens (tertiary/aromatic N) is 2. The molecule has 0 amide bonds. The first kappa shape index (κ1) is 13.6. The van der Waals surface area contributed by atoms with E-state index in [1.807, 2.05) is 25.8 Å². The normalized spacial score (nSPS) is 15.3. The summed E-state index contributed by atoms with van der Waals surface area (Å²) in [5.74, 6) is -0.385. The highest BCUT2D eigenvalue weighted by atomic mass is 16.4. The van der Waals surface area contributed by atoms with Gasteiger partial charge in [0, 0.05) is 26.2 Å². The Hall–Kier alpha value is -1.78. The molecule has 104 valence electrons. The van der Waals surface area contributed by atoms with Crippen LogP contribution in [-0.4, -0.2) is 29.2 Å². The topological polar surface area (TPSA) is 62.5 Å². The average Bonchev–Trinajstić information content (AvgIpc) is 2.51. The van der Waals surface area contributed by atoms with Crippen LogP contribution in [0.15, 0.2) is 10.9 Å². The number of rotatable bonds is 2. The van der Waals surface area contributed by atoms with Crippen LogP contribution in [-0.2, 0) is 6.54 Å². The summed E-state index contributed by atoms with van der Waals surface area (Å²) in [6, 6.07) is 1.48. The molecule has 0 bridgehead atoms. The van der Waals surface area contributed by atoms with Crippen molar-refractivity contribution in [1.82, 2.24) is 4.57 Å². The molecule has 0 fully saturated rings. The zero-order valence-electron chi connectivity index (χ0n) is 11.6. The van der Waals surface area contributed by atoms with Gasteiger partial charge in [-0.3, -0.25) is 9.36 Å². The Morgan fingerprint density at radius 2 is 1.95 bits per heavy atom. The van der Waals surface area contributed by atoms with Gasteiger partial charge < -0.3 is 10.0 Å². The molecule has 0 radical (unpaired) electrons. The van der Waals surface area contributed by atoms with E-state index in [4.69, 9.17) is 0 Å². The number of pyridine rings is 1. The number of anilines is 1. The van der Waals surface area contributed by atoms with Gasteiger partial charge in [-0.15, -0.1) is 0 Å². The molecular formula is C14H20N2O3. The number of carboxylic acid groups (broad SMARTS) is 1. The summed E-state index contributed by atoms with van der Waals surface area (Å²) in [6.07, 6.45) is 1.87. The van der Waals surface area contributed by atoms with Crippen LogP contribution in [0.5, 0.6) is 0 Å².